The molecule has 0 bridgehead atoms. The van der Waals surface area contributed by atoms with E-state index in [1.54, 1.807) is 13.3 Å². The maximum atomic E-state index is 6.14. The monoisotopic (exact) mass is 326 g/mol. The molecule has 0 amide bonds. The number of nitrogens with one attached hydrogen (secondary N) is 1. The number of anilines is 1. The predicted octanol–water partition coefficient (Wildman–Crippen LogP) is 4.12. The van der Waals surface area contributed by atoms with Gasteiger partial charge in [0, 0.05) is 22.1 Å². The Morgan fingerprint density at radius 2 is 2.17 bits per heavy atom. The summed E-state index contributed by atoms with van der Waals surface area (Å²) in [5.41, 5.74) is 1.96. The van der Waals surface area contributed by atoms with Gasteiger partial charge in [-0.25, -0.2) is 4.98 Å². The second-order valence-electron chi connectivity index (χ2n) is 3.68. The van der Waals surface area contributed by atoms with E-state index in [1.807, 2.05) is 30.3 Å². The van der Waals surface area contributed by atoms with E-state index in [0.29, 0.717) is 12.4 Å². The molecule has 1 aromatic heterocycles. The molecule has 2 rings (SSSR count). The fraction of sp³-hybridized carbons (Fsp3) is 0.154. The molecule has 0 saturated carbocycles. The molecule has 0 radical (unpaired) electrons. The molecular formula is C13H12BrClN2O. The van der Waals surface area contributed by atoms with Gasteiger partial charge in [-0.1, -0.05) is 33.6 Å². The van der Waals surface area contributed by atoms with Crippen molar-refractivity contribution in [3.63, 3.8) is 0 Å². The van der Waals surface area contributed by atoms with Gasteiger partial charge in [0.2, 0.25) is 5.88 Å². The van der Waals surface area contributed by atoms with Gasteiger partial charge in [-0.3, -0.25) is 0 Å². The molecule has 1 heterocycles. The third-order valence-electron chi connectivity index (χ3n) is 2.44. The Balaban J connectivity index is 2.02. The zero-order chi connectivity index (χ0) is 13.0. The molecule has 1 N–H and O–H groups in total. The van der Waals surface area contributed by atoms with Gasteiger partial charge in [0.25, 0.3) is 0 Å². The fourth-order valence-electron chi connectivity index (χ4n) is 1.47. The number of halogens is 2. The molecule has 18 heavy (non-hydrogen) atoms. The van der Waals surface area contributed by atoms with Crippen LogP contribution in [0, 0.1) is 0 Å². The first-order valence-corrected chi connectivity index (χ1v) is 6.54. The Bertz CT molecular complexity index is 531. The van der Waals surface area contributed by atoms with Crippen LogP contribution < -0.4 is 10.1 Å². The number of ether oxygens (including phenoxy) is 1. The number of nitrogens with zero attached hydrogens (tertiary/aromatic N) is 1. The first-order valence-electron chi connectivity index (χ1n) is 5.37. The van der Waals surface area contributed by atoms with E-state index in [2.05, 4.69) is 26.2 Å². The van der Waals surface area contributed by atoms with Crippen LogP contribution in [0.5, 0.6) is 5.88 Å². The van der Waals surface area contributed by atoms with Crippen molar-refractivity contribution in [2.24, 2.45) is 0 Å². The molecule has 2 aromatic rings. The third-order valence-corrected chi connectivity index (χ3v) is 3.29. The largest absolute Gasteiger partial charge is 0.481 e. The highest BCUT2D eigenvalue weighted by atomic mass is 79.9. The van der Waals surface area contributed by atoms with Gasteiger partial charge in [-0.15, -0.1) is 0 Å². The number of methoxy groups -OCH3 is 1. The quantitative estimate of drug-likeness (QED) is 0.917. The number of hydrogen-bond acceptors (Lipinski definition) is 3. The minimum absolute atomic E-state index is 0.599. The molecule has 1 aromatic carbocycles. The lowest BCUT2D eigenvalue weighted by Crippen LogP contribution is -2.00. The van der Waals surface area contributed by atoms with E-state index in [9.17, 15) is 0 Å². The Morgan fingerprint density at radius 3 is 2.78 bits per heavy atom. The lowest BCUT2D eigenvalue weighted by molar-refractivity contribution is 0.398. The summed E-state index contributed by atoms with van der Waals surface area (Å²) in [6.45, 7) is 0.653. The highest BCUT2D eigenvalue weighted by Crippen LogP contribution is 2.22. The SMILES string of the molecule is COc1ccc(NCc2ccc(Br)cc2Cl)cn1. The summed E-state index contributed by atoms with van der Waals surface area (Å²) in [7, 11) is 1.59. The first-order chi connectivity index (χ1) is 8.69. The fourth-order valence-corrected chi connectivity index (χ4v) is 2.21. The second kappa shape index (κ2) is 6.07. The van der Waals surface area contributed by atoms with Crippen LogP contribution >= 0.6 is 27.5 Å². The number of aromatic nitrogens is 1. The Morgan fingerprint density at radius 1 is 1.33 bits per heavy atom. The van der Waals surface area contributed by atoms with E-state index in [-0.39, 0.29) is 0 Å². The van der Waals surface area contributed by atoms with E-state index in [0.717, 1.165) is 20.7 Å². The zero-order valence-electron chi connectivity index (χ0n) is 9.78. The smallest absolute Gasteiger partial charge is 0.213 e. The van der Waals surface area contributed by atoms with Gasteiger partial charge >= 0.3 is 0 Å². The Kier molecular flexibility index (Phi) is 4.44. The van der Waals surface area contributed by atoms with Crippen LogP contribution in [0.1, 0.15) is 5.56 Å². The van der Waals surface area contributed by atoms with Crippen LogP contribution in [0.4, 0.5) is 5.69 Å². The summed E-state index contributed by atoms with van der Waals surface area (Å²) in [5.74, 6) is 0.599. The molecule has 5 heteroatoms. The summed E-state index contributed by atoms with van der Waals surface area (Å²) >= 11 is 9.52. The molecule has 0 aliphatic carbocycles. The average Bonchev–Trinajstić information content (AvgIpc) is 2.38. The Hall–Kier alpha value is -1.26. The number of benzene rings is 1. The van der Waals surface area contributed by atoms with Crippen LogP contribution in [0.3, 0.4) is 0 Å². The molecule has 0 aliphatic rings. The highest BCUT2D eigenvalue weighted by molar-refractivity contribution is 9.10. The van der Waals surface area contributed by atoms with Gasteiger partial charge < -0.3 is 10.1 Å². The van der Waals surface area contributed by atoms with Crippen molar-refractivity contribution in [3.8, 4) is 5.88 Å². The predicted molar refractivity (Wildman–Crippen MR) is 77.3 cm³/mol. The molecule has 0 spiro atoms. The van der Waals surface area contributed by atoms with E-state index in [4.69, 9.17) is 16.3 Å². The van der Waals surface area contributed by atoms with Crippen molar-refractivity contribution >= 4 is 33.2 Å². The third kappa shape index (κ3) is 3.37. The lowest BCUT2D eigenvalue weighted by Gasteiger charge is -2.08. The van der Waals surface area contributed by atoms with Gasteiger partial charge in [0.15, 0.2) is 0 Å². The summed E-state index contributed by atoms with van der Waals surface area (Å²) in [6.07, 6.45) is 1.73. The first kappa shape index (κ1) is 13.2. The molecule has 3 nitrogen and oxygen atoms in total. The van der Waals surface area contributed by atoms with Crippen molar-refractivity contribution in [2.75, 3.05) is 12.4 Å². The number of pyridine rings is 1. The van der Waals surface area contributed by atoms with Crippen LogP contribution in [0.25, 0.3) is 0 Å². The maximum absolute atomic E-state index is 6.14. The van der Waals surface area contributed by atoms with Crippen LogP contribution in [-0.2, 0) is 6.54 Å². The average molecular weight is 328 g/mol. The van der Waals surface area contributed by atoms with Gasteiger partial charge in [-0.05, 0) is 23.8 Å². The summed E-state index contributed by atoms with van der Waals surface area (Å²) in [5, 5.41) is 3.99. The standard InChI is InChI=1S/C13H12BrClN2O/c1-18-13-5-4-11(8-17-13)16-7-9-2-3-10(14)6-12(9)15/h2-6,8,16H,7H2,1H3. The minimum Gasteiger partial charge on any atom is -0.481 e. The molecule has 0 aliphatic heterocycles. The van der Waals surface area contributed by atoms with Crippen molar-refractivity contribution in [1.82, 2.24) is 4.98 Å². The van der Waals surface area contributed by atoms with Crippen molar-refractivity contribution in [2.45, 2.75) is 6.54 Å². The van der Waals surface area contributed by atoms with E-state index < -0.39 is 0 Å². The van der Waals surface area contributed by atoms with E-state index >= 15 is 0 Å². The van der Waals surface area contributed by atoms with Crippen molar-refractivity contribution < 1.29 is 4.74 Å². The van der Waals surface area contributed by atoms with Crippen LogP contribution in [0.2, 0.25) is 5.02 Å². The summed E-state index contributed by atoms with van der Waals surface area (Å²) in [6, 6.07) is 9.56. The topological polar surface area (TPSA) is 34.1 Å². The molecule has 0 unspecified atom stereocenters. The van der Waals surface area contributed by atoms with E-state index in [1.165, 1.54) is 0 Å². The number of hydrogen-bond donors (Lipinski definition) is 1. The Labute approximate surface area is 119 Å². The highest BCUT2D eigenvalue weighted by Gasteiger charge is 2.01. The van der Waals surface area contributed by atoms with Gasteiger partial charge in [-0.2, -0.15) is 0 Å². The van der Waals surface area contributed by atoms with Gasteiger partial charge in [0.05, 0.1) is 19.0 Å². The second-order valence-corrected chi connectivity index (χ2v) is 5.00. The molecule has 94 valence electrons. The molecular weight excluding hydrogens is 316 g/mol. The van der Waals surface area contributed by atoms with Crippen molar-refractivity contribution in [1.29, 1.82) is 0 Å². The summed E-state index contributed by atoms with van der Waals surface area (Å²) in [4.78, 5) is 4.12. The van der Waals surface area contributed by atoms with Crippen LogP contribution in [0.15, 0.2) is 41.0 Å². The number of rotatable bonds is 4. The molecule has 0 fully saturated rings. The molecule has 0 saturated heterocycles. The lowest BCUT2D eigenvalue weighted by atomic mass is 10.2. The molecule has 0 atom stereocenters. The zero-order valence-corrected chi connectivity index (χ0v) is 12.1. The van der Waals surface area contributed by atoms with Crippen LogP contribution in [-0.4, -0.2) is 12.1 Å². The normalized spacial score (nSPS) is 10.2. The van der Waals surface area contributed by atoms with Crippen molar-refractivity contribution in [3.05, 3.63) is 51.6 Å². The maximum Gasteiger partial charge on any atom is 0.213 e. The summed E-state index contributed by atoms with van der Waals surface area (Å²) < 4.78 is 5.97. The van der Waals surface area contributed by atoms with Gasteiger partial charge in [0.1, 0.15) is 0 Å². The minimum atomic E-state index is 0.599.